The van der Waals surface area contributed by atoms with Crippen LogP contribution in [-0.4, -0.2) is 29.7 Å². The minimum atomic E-state index is -0.265. The molecule has 35 heavy (non-hydrogen) atoms. The molecule has 5 nitrogen and oxygen atoms in total. The first-order valence-electron chi connectivity index (χ1n) is 11.0. The van der Waals surface area contributed by atoms with Crippen molar-refractivity contribution in [1.82, 2.24) is 4.90 Å². The van der Waals surface area contributed by atoms with Crippen molar-refractivity contribution in [2.24, 2.45) is 0 Å². The Bertz CT molecular complexity index is 1250. The second-order valence-electron chi connectivity index (χ2n) is 7.87. The van der Waals surface area contributed by atoms with Crippen LogP contribution in [-0.2, 0) is 17.8 Å². The number of hydrogen-bond donors (Lipinski definition) is 0. The van der Waals surface area contributed by atoms with Gasteiger partial charge in [0.25, 0.3) is 11.1 Å². The Morgan fingerprint density at radius 3 is 2.43 bits per heavy atom. The number of methoxy groups -OCH3 is 1. The summed E-state index contributed by atoms with van der Waals surface area (Å²) in [5.74, 6) is 0.838. The summed E-state index contributed by atoms with van der Waals surface area (Å²) in [6.45, 7) is 0.774. The van der Waals surface area contributed by atoms with Gasteiger partial charge in [-0.05, 0) is 87.6 Å². The van der Waals surface area contributed by atoms with Crippen LogP contribution in [0.4, 0.5) is 4.79 Å². The van der Waals surface area contributed by atoms with Crippen molar-refractivity contribution in [2.75, 3.05) is 13.7 Å². The summed E-state index contributed by atoms with van der Waals surface area (Å²) in [7, 11) is 1.57. The number of rotatable bonds is 9. The molecule has 1 heterocycles. The summed E-state index contributed by atoms with van der Waals surface area (Å²) in [4.78, 5) is 27.1. The molecule has 0 N–H and O–H groups in total. The Kier molecular flexibility index (Phi) is 8.70. The van der Waals surface area contributed by atoms with Gasteiger partial charge in [0, 0.05) is 11.0 Å². The third-order valence-corrected chi connectivity index (χ3v) is 7.43. The molecule has 0 bridgehead atoms. The third kappa shape index (κ3) is 6.57. The molecule has 4 rings (SSSR count). The van der Waals surface area contributed by atoms with E-state index < -0.39 is 0 Å². The first kappa shape index (κ1) is 25.5. The molecule has 2 amide bonds. The molecule has 1 saturated heterocycles. The molecule has 180 valence electrons. The molecule has 0 spiro atoms. The largest absolute Gasteiger partial charge is 0.493 e. The van der Waals surface area contributed by atoms with Gasteiger partial charge in [0.05, 0.1) is 16.5 Å². The lowest BCUT2D eigenvalue weighted by atomic mass is 10.1. The number of hydrogen-bond acceptors (Lipinski definition) is 5. The fraction of sp³-hybridized carbons (Fsp3) is 0.185. The van der Waals surface area contributed by atoms with Crippen LogP contribution >= 0.6 is 43.6 Å². The van der Waals surface area contributed by atoms with E-state index in [0.29, 0.717) is 34.0 Å². The first-order valence-corrected chi connectivity index (χ1v) is 13.4. The van der Waals surface area contributed by atoms with Crippen LogP contribution in [0.5, 0.6) is 11.5 Å². The molecule has 0 saturated carbocycles. The van der Waals surface area contributed by atoms with E-state index in [2.05, 4.69) is 31.9 Å². The van der Waals surface area contributed by atoms with Gasteiger partial charge in [-0.25, -0.2) is 0 Å². The molecule has 0 radical (unpaired) electrons. The second kappa shape index (κ2) is 11.9. The number of halogens is 2. The van der Waals surface area contributed by atoms with Crippen LogP contribution in [0.1, 0.15) is 23.1 Å². The Balaban J connectivity index is 1.44. The van der Waals surface area contributed by atoms with Crippen molar-refractivity contribution in [1.29, 1.82) is 0 Å². The summed E-state index contributed by atoms with van der Waals surface area (Å²) in [6, 6.07) is 21.6. The molecule has 1 fully saturated rings. The fourth-order valence-electron chi connectivity index (χ4n) is 3.63. The van der Waals surface area contributed by atoms with Gasteiger partial charge >= 0.3 is 0 Å². The number of nitrogens with zero attached hydrogens (tertiary/aromatic N) is 1. The molecule has 3 aromatic carbocycles. The molecular formula is C27H23Br2NO4S. The summed E-state index contributed by atoms with van der Waals surface area (Å²) in [5.41, 5.74) is 2.95. The van der Waals surface area contributed by atoms with Gasteiger partial charge in [-0.15, -0.1) is 0 Å². The van der Waals surface area contributed by atoms with Gasteiger partial charge in [-0.3, -0.25) is 14.5 Å². The molecule has 3 aromatic rings. The highest BCUT2D eigenvalue weighted by molar-refractivity contribution is 9.10. The maximum absolute atomic E-state index is 12.9. The lowest BCUT2D eigenvalue weighted by Crippen LogP contribution is -2.29. The zero-order valence-electron chi connectivity index (χ0n) is 19.0. The Morgan fingerprint density at radius 2 is 1.71 bits per heavy atom. The van der Waals surface area contributed by atoms with E-state index in [9.17, 15) is 9.59 Å². The van der Waals surface area contributed by atoms with E-state index >= 15 is 0 Å². The number of thioether (sulfide) groups is 1. The van der Waals surface area contributed by atoms with Crippen molar-refractivity contribution < 1.29 is 19.1 Å². The first-order chi connectivity index (χ1) is 16.9. The van der Waals surface area contributed by atoms with E-state index in [1.165, 1.54) is 10.5 Å². The number of aryl methyl sites for hydroxylation is 1. The number of imide groups is 1. The lowest BCUT2D eigenvalue weighted by Gasteiger charge is -2.14. The third-order valence-electron chi connectivity index (χ3n) is 5.41. The predicted octanol–water partition coefficient (Wildman–Crippen LogP) is 7.47. The molecule has 0 aliphatic carbocycles. The van der Waals surface area contributed by atoms with Gasteiger partial charge < -0.3 is 9.47 Å². The van der Waals surface area contributed by atoms with E-state index in [1.807, 2.05) is 60.7 Å². The molecule has 0 atom stereocenters. The molecule has 1 aliphatic rings. The number of carbonyl (C=O) groups excluding carboxylic acids is 2. The summed E-state index contributed by atoms with van der Waals surface area (Å²) in [5, 5.41) is -0.241. The zero-order valence-corrected chi connectivity index (χ0v) is 23.0. The smallest absolute Gasteiger partial charge is 0.293 e. The van der Waals surface area contributed by atoms with Crippen LogP contribution in [0.3, 0.4) is 0 Å². The van der Waals surface area contributed by atoms with Gasteiger partial charge in [0.2, 0.25) is 0 Å². The highest BCUT2D eigenvalue weighted by Gasteiger charge is 2.34. The Morgan fingerprint density at radius 1 is 0.971 bits per heavy atom. The summed E-state index contributed by atoms with van der Waals surface area (Å²) >= 11 is 7.95. The maximum atomic E-state index is 12.9. The molecule has 0 unspecified atom stereocenters. The van der Waals surface area contributed by atoms with Crippen LogP contribution in [0.25, 0.3) is 6.08 Å². The van der Waals surface area contributed by atoms with Crippen molar-refractivity contribution in [3.8, 4) is 11.5 Å². The zero-order chi connectivity index (χ0) is 24.8. The van der Waals surface area contributed by atoms with E-state index in [1.54, 1.807) is 19.3 Å². The molecule has 8 heteroatoms. The fourth-order valence-corrected chi connectivity index (χ4v) is 5.33. The predicted molar refractivity (Wildman–Crippen MR) is 147 cm³/mol. The van der Waals surface area contributed by atoms with E-state index in [4.69, 9.17) is 9.47 Å². The van der Waals surface area contributed by atoms with Crippen LogP contribution in [0.15, 0.2) is 80.6 Å². The van der Waals surface area contributed by atoms with E-state index in [-0.39, 0.29) is 11.1 Å². The van der Waals surface area contributed by atoms with Crippen LogP contribution < -0.4 is 9.47 Å². The van der Waals surface area contributed by atoms with Crippen molar-refractivity contribution in [2.45, 2.75) is 19.4 Å². The van der Waals surface area contributed by atoms with Gasteiger partial charge in [-0.2, -0.15) is 0 Å². The molecule has 1 aliphatic heterocycles. The monoisotopic (exact) mass is 615 g/mol. The number of amides is 2. The van der Waals surface area contributed by atoms with Crippen molar-refractivity contribution in [3.05, 3.63) is 97.3 Å². The summed E-state index contributed by atoms with van der Waals surface area (Å²) < 4.78 is 13.2. The lowest BCUT2D eigenvalue weighted by molar-refractivity contribution is -0.122. The van der Waals surface area contributed by atoms with Gasteiger partial charge in [0.1, 0.15) is 6.61 Å². The normalized spacial score (nSPS) is 14.6. The minimum absolute atomic E-state index is 0.241. The summed E-state index contributed by atoms with van der Waals surface area (Å²) in [6.07, 6.45) is 3.25. The molecular weight excluding hydrogens is 594 g/mol. The van der Waals surface area contributed by atoms with Crippen LogP contribution in [0, 0.1) is 0 Å². The number of benzene rings is 3. The maximum Gasteiger partial charge on any atom is 0.293 e. The van der Waals surface area contributed by atoms with Gasteiger partial charge in [0.15, 0.2) is 11.5 Å². The number of carbonyl (C=O) groups is 2. The van der Waals surface area contributed by atoms with Gasteiger partial charge in [-0.1, -0.05) is 58.4 Å². The highest BCUT2D eigenvalue weighted by atomic mass is 79.9. The Hall–Kier alpha value is -2.55. The Labute approximate surface area is 225 Å². The molecule has 0 aromatic heterocycles. The standard InChI is InChI=1S/C27H23Br2NO4S/c1-33-23-15-20(14-22(29)25(23)34-17-19-9-11-21(28)12-10-19)16-24-26(31)30(27(32)35-24)13-5-8-18-6-3-2-4-7-18/h2-4,6-7,9-12,14-16H,5,8,13,17H2,1H3/b24-16+. The van der Waals surface area contributed by atoms with Crippen molar-refractivity contribution in [3.63, 3.8) is 0 Å². The quantitative estimate of drug-likeness (QED) is 0.233. The average molecular weight is 617 g/mol. The second-order valence-corrected chi connectivity index (χ2v) is 10.6. The topological polar surface area (TPSA) is 55.8 Å². The highest BCUT2D eigenvalue weighted by Crippen LogP contribution is 2.39. The van der Waals surface area contributed by atoms with Crippen LogP contribution in [0.2, 0.25) is 0 Å². The number of ether oxygens (including phenoxy) is 2. The SMILES string of the molecule is COc1cc(/C=C2/SC(=O)N(CCCc3ccccc3)C2=O)cc(Br)c1OCc1ccc(Br)cc1. The average Bonchev–Trinajstić information content (AvgIpc) is 3.12. The van der Waals surface area contributed by atoms with Crippen molar-refractivity contribution >= 4 is 60.8 Å². The minimum Gasteiger partial charge on any atom is -0.493 e. The van der Waals surface area contributed by atoms with E-state index in [0.717, 1.165) is 40.2 Å².